The third-order valence-electron chi connectivity index (χ3n) is 9.06. The number of para-hydroxylation sites is 1. The van der Waals surface area contributed by atoms with Gasteiger partial charge in [0.25, 0.3) is 0 Å². The number of esters is 1. The van der Waals surface area contributed by atoms with E-state index in [2.05, 4.69) is 35.2 Å². The molecule has 2 amide bonds. The van der Waals surface area contributed by atoms with E-state index in [-0.39, 0.29) is 35.6 Å². The van der Waals surface area contributed by atoms with Gasteiger partial charge in [-0.1, -0.05) is 81.5 Å². The van der Waals surface area contributed by atoms with Crippen LogP contribution < -0.4 is 4.90 Å². The number of anilines is 1. The van der Waals surface area contributed by atoms with E-state index in [4.69, 9.17) is 4.74 Å². The van der Waals surface area contributed by atoms with Crippen LogP contribution in [0, 0.1) is 23.7 Å². The highest BCUT2D eigenvalue weighted by molar-refractivity contribution is 6.22. The van der Waals surface area contributed by atoms with Gasteiger partial charge in [-0.3, -0.25) is 9.59 Å². The Labute approximate surface area is 239 Å². The fourth-order valence-corrected chi connectivity index (χ4v) is 7.09. The highest BCUT2D eigenvalue weighted by Crippen LogP contribution is 2.35. The van der Waals surface area contributed by atoms with Crippen LogP contribution in [0.3, 0.4) is 0 Å². The topological polar surface area (TPSA) is 66.9 Å². The number of aryl methyl sites for hydroxylation is 1. The van der Waals surface area contributed by atoms with Gasteiger partial charge in [0.1, 0.15) is 0 Å². The summed E-state index contributed by atoms with van der Waals surface area (Å²) in [5.74, 6) is 0.400. The first-order valence-corrected chi connectivity index (χ1v) is 15.4. The summed E-state index contributed by atoms with van der Waals surface area (Å²) in [6.07, 6.45) is 11.5. The molecule has 2 aromatic carbocycles. The Morgan fingerprint density at radius 1 is 0.900 bits per heavy atom. The van der Waals surface area contributed by atoms with Crippen molar-refractivity contribution in [2.75, 3.05) is 31.1 Å². The number of benzene rings is 2. The molecule has 1 aliphatic carbocycles. The minimum absolute atomic E-state index is 0.173. The molecule has 2 heterocycles. The van der Waals surface area contributed by atoms with Gasteiger partial charge in [0.15, 0.2) is 0 Å². The Hall–Kier alpha value is -2.99. The zero-order valence-corrected chi connectivity index (χ0v) is 23.9. The molecule has 0 bridgehead atoms. The summed E-state index contributed by atoms with van der Waals surface area (Å²) in [6, 6.07) is 17.5. The van der Waals surface area contributed by atoms with Crippen LogP contribution in [-0.4, -0.2) is 48.9 Å². The molecule has 2 aliphatic heterocycles. The molecular formula is C34H44N2O4. The Morgan fingerprint density at radius 2 is 1.62 bits per heavy atom. The normalized spacial score (nSPS) is 24.4. The summed E-state index contributed by atoms with van der Waals surface area (Å²) in [7, 11) is 0. The van der Waals surface area contributed by atoms with Crippen LogP contribution in [0.2, 0.25) is 0 Å². The first-order chi connectivity index (χ1) is 19.5. The van der Waals surface area contributed by atoms with Crippen LogP contribution in [-0.2, 0) is 20.7 Å². The third-order valence-corrected chi connectivity index (χ3v) is 9.06. The molecular weight excluding hydrogens is 500 g/mol. The Morgan fingerprint density at radius 3 is 2.38 bits per heavy atom. The minimum atomic E-state index is -0.458. The molecule has 0 spiro atoms. The fourth-order valence-electron chi connectivity index (χ4n) is 7.09. The zero-order chi connectivity index (χ0) is 27.9. The standard InChI is InChI=1S/C34H44N2O4/c1-25-19-32(37)36(33(25)38)31-17-9-8-16-30(31)34(39)40-24-29-21-28(20-27-13-6-3-7-14-27)22-35(23-29)18-10-15-26-11-4-2-5-12-26/h2,4-5,8-9,11-12,16-17,25,27-29H,3,6-7,10,13-15,18-24H2,1H3/t25?,28-,29+/m0/s1. The molecule has 2 aromatic rings. The van der Waals surface area contributed by atoms with Crippen molar-refractivity contribution in [3.8, 4) is 0 Å². The maximum absolute atomic E-state index is 13.3. The van der Waals surface area contributed by atoms with Crippen molar-refractivity contribution >= 4 is 23.5 Å². The lowest BCUT2D eigenvalue weighted by atomic mass is 9.78. The number of amides is 2. The van der Waals surface area contributed by atoms with Crippen LogP contribution in [0.4, 0.5) is 5.69 Å². The predicted molar refractivity (Wildman–Crippen MR) is 157 cm³/mol. The van der Waals surface area contributed by atoms with Gasteiger partial charge < -0.3 is 9.64 Å². The van der Waals surface area contributed by atoms with Crippen LogP contribution in [0.1, 0.15) is 80.6 Å². The smallest absolute Gasteiger partial charge is 0.340 e. The molecule has 214 valence electrons. The fraction of sp³-hybridized carbons (Fsp3) is 0.559. The summed E-state index contributed by atoms with van der Waals surface area (Å²) < 4.78 is 5.91. The zero-order valence-electron chi connectivity index (χ0n) is 23.9. The van der Waals surface area contributed by atoms with Crippen molar-refractivity contribution in [3.63, 3.8) is 0 Å². The van der Waals surface area contributed by atoms with E-state index in [9.17, 15) is 14.4 Å². The van der Waals surface area contributed by atoms with Gasteiger partial charge in [0.05, 0.1) is 17.9 Å². The lowest BCUT2D eigenvalue weighted by molar-refractivity contribution is -0.122. The molecule has 3 atom stereocenters. The summed E-state index contributed by atoms with van der Waals surface area (Å²) in [5, 5.41) is 0. The average molecular weight is 545 g/mol. The van der Waals surface area contributed by atoms with Gasteiger partial charge in [-0.25, -0.2) is 9.69 Å². The lowest BCUT2D eigenvalue weighted by Crippen LogP contribution is -2.43. The van der Waals surface area contributed by atoms with E-state index in [0.29, 0.717) is 18.2 Å². The summed E-state index contributed by atoms with van der Waals surface area (Å²) in [5.41, 5.74) is 2.01. The quantitative estimate of drug-likeness (QED) is 0.260. The second-order valence-corrected chi connectivity index (χ2v) is 12.3. The summed E-state index contributed by atoms with van der Waals surface area (Å²) >= 11 is 0. The summed E-state index contributed by atoms with van der Waals surface area (Å²) in [6.45, 7) is 5.24. The van der Waals surface area contributed by atoms with E-state index in [0.717, 1.165) is 49.7 Å². The molecule has 6 heteroatoms. The van der Waals surface area contributed by atoms with E-state index in [1.165, 1.54) is 44.1 Å². The highest BCUT2D eigenvalue weighted by atomic mass is 16.5. The molecule has 3 aliphatic rings. The first kappa shape index (κ1) is 28.5. The number of imide groups is 1. The number of ether oxygens (including phenoxy) is 1. The monoisotopic (exact) mass is 544 g/mol. The van der Waals surface area contributed by atoms with Crippen molar-refractivity contribution in [2.45, 2.75) is 71.1 Å². The van der Waals surface area contributed by atoms with Crippen LogP contribution >= 0.6 is 0 Å². The van der Waals surface area contributed by atoms with Crippen molar-refractivity contribution in [1.29, 1.82) is 0 Å². The molecule has 40 heavy (non-hydrogen) atoms. The van der Waals surface area contributed by atoms with Gasteiger partial charge in [0, 0.05) is 31.3 Å². The van der Waals surface area contributed by atoms with Gasteiger partial charge in [-0.05, 0) is 61.8 Å². The Kier molecular flexibility index (Phi) is 9.69. The lowest BCUT2D eigenvalue weighted by Gasteiger charge is -2.39. The van der Waals surface area contributed by atoms with Crippen molar-refractivity contribution in [3.05, 3.63) is 65.7 Å². The highest BCUT2D eigenvalue weighted by Gasteiger charge is 2.38. The number of rotatable bonds is 10. The molecule has 5 rings (SSSR count). The van der Waals surface area contributed by atoms with Crippen molar-refractivity contribution in [2.24, 2.45) is 23.7 Å². The van der Waals surface area contributed by atoms with E-state index < -0.39 is 5.97 Å². The molecule has 1 saturated carbocycles. The molecule has 0 N–H and O–H groups in total. The number of likely N-dealkylation sites (tertiary alicyclic amines) is 1. The molecule has 0 aromatic heterocycles. The maximum atomic E-state index is 13.3. The third kappa shape index (κ3) is 7.20. The minimum Gasteiger partial charge on any atom is -0.462 e. The number of nitrogens with zero attached hydrogens (tertiary/aromatic N) is 2. The molecule has 0 radical (unpaired) electrons. The maximum Gasteiger partial charge on any atom is 0.340 e. The van der Waals surface area contributed by atoms with Crippen molar-refractivity contribution < 1.29 is 19.1 Å². The number of hydrogen-bond donors (Lipinski definition) is 0. The van der Waals surface area contributed by atoms with E-state index >= 15 is 0 Å². The molecule has 6 nitrogen and oxygen atoms in total. The van der Waals surface area contributed by atoms with Crippen LogP contribution in [0.15, 0.2) is 54.6 Å². The predicted octanol–water partition coefficient (Wildman–Crippen LogP) is 6.28. The van der Waals surface area contributed by atoms with Gasteiger partial charge in [-0.2, -0.15) is 0 Å². The van der Waals surface area contributed by atoms with Crippen LogP contribution in [0.25, 0.3) is 0 Å². The van der Waals surface area contributed by atoms with Crippen LogP contribution in [0.5, 0.6) is 0 Å². The van der Waals surface area contributed by atoms with E-state index in [1.807, 2.05) is 0 Å². The molecule has 3 fully saturated rings. The summed E-state index contributed by atoms with van der Waals surface area (Å²) in [4.78, 5) is 42.2. The van der Waals surface area contributed by atoms with Gasteiger partial charge >= 0.3 is 5.97 Å². The average Bonchev–Trinajstić information content (AvgIpc) is 3.23. The Bertz CT molecular complexity index is 1160. The second kappa shape index (κ2) is 13.6. The second-order valence-electron chi connectivity index (χ2n) is 12.3. The molecule has 2 saturated heterocycles. The van der Waals surface area contributed by atoms with Gasteiger partial charge in [-0.15, -0.1) is 0 Å². The number of carbonyl (C=O) groups excluding carboxylic acids is 3. The largest absolute Gasteiger partial charge is 0.462 e. The van der Waals surface area contributed by atoms with E-state index in [1.54, 1.807) is 31.2 Å². The number of hydrogen-bond acceptors (Lipinski definition) is 5. The number of carbonyl (C=O) groups is 3. The Balaban J connectivity index is 1.21. The first-order valence-electron chi connectivity index (χ1n) is 15.4. The molecule has 1 unspecified atom stereocenters. The van der Waals surface area contributed by atoms with Gasteiger partial charge in [0.2, 0.25) is 11.8 Å². The SMILES string of the molecule is CC1CC(=O)N(c2ccccc2C(=O)OC[C@@H]2C[C@H](CC3CCCCC3)CN(CCCc3ccccc3)C2)C1=O. The van der Waals surface area contributed by atoms with Crippen molar-refractivity contribution in [1.82, 2.24) is 4.90 Å². The number of piperidine rings is 1.